The molecular weight excluding hydrogens is 449 g/mol. The number of nitrogens with zero attached hydrogens (tertiary/aromatic N) is 3. The number of alkyl halides is 3. The van der Waals surface area contributed by atoms with Crippen LogP contribution in [0, 0.1) is 6.92 Å². The molecule has 160 valence electrons. The van der Waals surface area contributed by atoms with Crippen LogP contribution in [0.5, 0.6) is 0 Å². The Bertz CT molecular complexity index is 1310. The highest BCUT2D eigenvalue weighted by Gasteiger charge is 2.31. The number of aryl methyl sites for hydroxylation is 1. The van der Waals surface area contributed by atoms with Gasteiger partial charge in [0.2, 0.25) is 5.91 Å². The van der Waals surface area contributed by atoms with Crippen LogP contribution in [0.4, 0.5) is 18.9 Å². The minimum atomic E-state index is -4.54. The topological polar surface area (TPSA) is 59.3 Å². The van der Waals surface area contributed by atoms with Crippen LogP contribution in [0.1, 0.15) is 18.1 Å². The van der Waals surface area contributed by atoms with Crippen molar-refractivity contribution in [3.8, 4) is 0 Å². The molecular formula is C21H16ClF3N4OS. The molecule has 0 aliphatic carbocycles. The average Bonchev–Trinajstić information content (AvgIpc) is 3.11. The fourth-order valence-corrected chi connectivity index (χ4v) is 4.23. The van der Waals surface area contributed by atoms with E-state index in [1.54, 1.807) is 6.92 Å². The molecule has 10 heteroatoms. The molecule has 2 heterocycles. The van der Waals surface area contributed by atoms with Crippen molar-refractivity contribution in [1.29, 1.82) is 0 Å². The number of thioether (sulfide) groups is 1. The third-order valence-electron chi connectivity index (χ3n) is 4.78. The van der Waals surface area contributed by atoms with Gasteiger partial charge in [0.1, 0.15) is 0 Å². The first kappa shape index (κ1) is 21.5. The molecule has 1 amide bonds. The van der Waals surface area contributed by atoms with Crippen molar-refractivity contribution in [3.05, 3.63) is 64.7 Å². The quantitative estimate of drug-likeness (QED) is 0.377. The third-order valence-corrected chi connectivity index (χ3v) is 6.15. The lowest BCUT2D eigenvalue weighted by Crippen LogP contribution is -2.23. The summed E-state index contributed by atoms with van der Waals surface area (Å²) in [5.41, 5.74) is 1.61. The first-order chi connectivity index (χ1) is 14.6. The lowest BCUT2D eigenvalue weighted by Gasteiger charge is -2.14. The fourth-order valence-electron chi connectivity index (χ4n) is 3.19. The second-order valence-electron chi connectivity index (χ2n) is 6.96. The van der Waals surface area contributed by atoms with Crippen molar-refractivity contribution in [1.82, 2.24) is 14.6 Å². The maximum Gasteiger partial charge on any atom is 0.416 e. The minimum absolute atomic E-state index is 0.0212. The minimum Gasteiger partial charge on any atom is -0.324 e. The summed E-state index contributed by atoms with van der Waals surface area (Å²) in [6, 6.07) is 12.5. The highest BCUT2D eigenvalue weighted by molar-refractivity contribution is 8.00. The van der Waals surface area contributed by atoms with Gasteiger partial charge in [-0.15, -0.1) is 10.2 Å². The molecule has 4 aromatic rings. The van der Waals surface area contributed by atoms with Crippen molar-refractivity contribution < 1.29 is 18.0 Å². The van der Waals surface area contributed by atoms with Crippen molar-refractivity contribution in [3.63, 3.8) is 0 Å². The fraction of sp³-hybridized carbons (Fsp3) is 0.190. The third kappa shape index (κ3) is 4.20. The monoisotopic (exact) mass is 464 g/mol. The van der Waals surface area contributed by atoms with Gasteiger partial charge in [0.15, 0.2) is 10.8 Å². The Morgan fingerprint density at radius 2 is 1.90 bits per heavy atom. The van der Waals surface area contributed by atoms with Gasteiger partial charge in [-0.2, -0.15) is 13.2 Å². The first-order valence-electron chi connectivity index (χ1n) is 9.23. The zero-order valence-electron chi connectivity index (χ0n) is 16.4. The summed E-state index contributed by atoms with van der Waals surface area (Å²) in [5.74, 6) is -0.501. The predicted molar refractivity (Wildman–Crippen MR) is 116 cm³/mol. The number of benzene rings is 2. The summed E-state index contributed by atoms with van der Waals surface area (Å²) < 4.78 is 40.8. The molecule has 0 radical (unpaired) electrons. The van der Waals surface area contributed by atoms with Crippen LogP contribution < -0.4 is 5.32 Å². The van der Waals surface area contributed by atoms with Crippen molar-refractivity contribution in [2.75, 3.05) is 5.32 Å². The highest BCUT2D eigenvalue weighted by atomic mass is 35.5. The number of amides is 1. The Morgan fingerprint density at radius 1 is 1.16 bits per heavy atom. The number of anilines is 1. The molecule has 2 aromatic carbocycles. The largest absolute Gasteiger partial charge is 0.416 e. The summed E-state index contributed by atoms with van der Waals surface area (Å²) in [4.78, 5) is 12.7. The van der Waals surface area contributed by atoms with Gasteiger partial charge in [0.05, 0.1) is 27.0 Å². The van der Waals surface area contributed by atoms with Gasteiger partial charge in [-0.3, -0.25) is 9.20 Å². The molecule has 0 aliphatic rings. The van der Waals surface area contributed by atoms with Gasteiger partial charge in [-0.25, -0.2) is 0 Å². The Balaban J connectivity index is 1.61. The standard InChI is InChI=1S/C21H16ClF3N4OS/c1-11-9-18-27-28-20(29(18)17-6-4-3-5-14(11)17)31-12(2)19(30)26-16-10-13(21(23,24)25)7-8-15(16)22/h3-10,12H,1-2H3,(H,26,30). The predicted octanol–water partition coefficient (Wildman–Crippen LogP) is 5.98. The lowest BCUT2D eigenvalue weighted by molar-refractivity contribution is -0.137. The Hall–Kier alpha value is -2.78. The summed E-state index contributed by atoms with van der Waals surface area (Å²) in [5, 5.41) is 11.8. The molecule has 1 unspecified atom stereocenters. The van der Waals surface area contributed by atoms with Crippen molar-refractivity contribution >= 4 is 51.5 Å². The van der Waals surface area contributed by atoms with Gasteiger partial charge >= 0.3 is 6.18 Å². The molecule has 0 spiro atoms. The number of nitrogens with one attached hydrogen (secondary N) is 1. The van der Waals surface area contributed by atoms with Gasteiger partial charge in [0.25, 0.3) is 0 Å². The van der Waals surface area contributed by atoms with Crippen LogP contribution in [0.3, 0.4) is 0 Å². The molecule has 0 fully saturated rings. The van der Waals surface area contributed by atoms with E-state index in [-0.39, 0.29) is 10.7 Å². The molecule has 5 nitrogen and oxygen atoms in total. The van der Waals surface area contributed by atoms with E-state index in [4.69, 9.17) is 11.6 Å². The van der Waals surface area contributed by atoms with Crippen LogP contribution in [-0.4, -0.2) is 25.8 Å². The molecule has 0 saturated carbocycles. The van der Waals surface area contributed by atoms with Gasteiger partial charge in [-0.05, 0) is 49.7 Å². The van der Waals surface area contributed by atoms with Crippen molar-refractivity contribution in [2.24, 2.45) is 0 Å². The highest BCUT2D eigenvalue weighted by Crippen LogP contribution is 2.34. The SMILES string of the molecule is Cc1cc2nnc(SC(C)C(=O)Nc3cc(C(F)(F)F)ccc3Cl)n2c2ccccc12. The van der Waals surface area contributed by atoms with Gasteiger partial charge in [-0.1, -0.05) is 41.6 Å². The van der Waals surface area contributed by atoms with E-state index in [0.717, 1.165) is 46.4 Å². The van der Waals surface area contributed by atoms with Gasteiger partial charge < -0.3 is 5.32 Å². The number of fused-ring (bicyclic) bond motifs is 3. The van der Waals surface area contributed by atoms with Crippen LogP contribution >= 0.6 is 23.4 Å². The molecule has 1 atom stereocenters. The smallest absolute Gasteiger partial charge is 0.324 e. The molecule has 2 aromatic heterocycles. The van der Waals surface area contributed by atoms with Crippen LogP contribution in [0.25, 0.3) is 16.6 Å². The number of hydrogen-bond acceptors (Lipinski definition) is 4. The summed E-state index contributed by atoms with van der Waals surface area (Å²) >= 11 is 7.14. The van der Waals surface area contributed by atoms with Crippen LogP contribution in [0.15, 0.2) is 53.7 Å². The van der Waals surface area contributed by atoms with E-state index in [2.05, 4.69) is 15.5 Å². The summed E-state index contributed by atoms with van der Waals surface area (Å²) in [7, 11) is 0. The van der Waals surface area contributed by atoms with E-state index >= 15 is 0 Å². The van der Waals surface area contributed by atoms with Crippen LogP contribution in [-0.2, 0) is 11.0 Å². The first-order valence-corrected chi connectivity index (χ1v) is 10.5. The zero-order chi connectivity index (χ0) is 22.3. The molecule has 31 heavy (non-hydrogen) atoms. The van der Waals surface area contributed by atoms with E-state index in [1.165, 1.54) is 0 Å². The molecule has 0 saturated heterocycles. The Kier molecular flexibility index (Phi) is 5.57. The zero-order valence-corrected chi connectivity index (χ0v) is 17.9. The van der Waals surface area contributed by atoms with Crippen molar-refractivity contribution in [2.45, 2.75) is 30.4 Å². The Labute approximate surface area is 184 Å². The number of carbonyl (C=O) groups is 1. The number of carbonyl (C=O) groups excluding carboxylic acids is 1. The van der Waals surface area contributed by atoms with E-state index in [0.29, 0.717) is 10.8 Å². The normalized spacial score (nSPS) is 13.0. The summed E-state index contributed by atoms with van der Waals surface area (Å²) in [6.07, 6.45) is -4.54. The van der Waals surface area contributed by atoms with E-state index in [1.807, 2.05) is 41.7 Å². The number of aromatic nitrogens is 3. The molecule has 4 rings (SSSR count). The lowest BCUT2D eigenvalue weighted by atomic mass is 10.1. The number of halogens is 4. The Morgan fingerprint density at radius 3 is 2.65 bits per heavy atom. The van der Waals surface area contributed by atoms with Gasteiger partial charge in [0, 0.05) is 5.39 Å². The average molecular weight is 465 g/mol. The maximum absolute atomic E-state index is 13.0. The van der Waals surface area contributed by atoms with Crippen LogP contribution in [0.2, 0.25) is 5.02 Å². The number of hydrogen-bond donors (Lipinski definition) is 1. The second kappa shape index (κ2) is 8.05. The number of rotatable bonds is 4. The van der Waals surface area contributed by atoms with E-state index in [9.17, 15) is 18.0 Å². The van der Waals surface area contributed by atoms with E-state index < -0.39 is 22.9 Å². The summed E-state index contributed by atoms with van der Waals surface area (Å²) in [6.45, 7) is 3.62. The maximum atomic E-state index is 13.0. The molecule has 0 bridgehead atoms. The molecule has 0 aliphatic heterocycles. The molecule has 1 N–H and O–H groups in total. The second-order valence-corrected chi connectivity index (χ2v) is 8.68. The number of para-hydroxylation sites is 1. The number of pyridine rings is 1.